The molecule has 2 aromatic heterocycles. The summed E-state index contributed by atoms with van der Waals surface area (Å²) in [6.07, 6.45) is 0.882. The summed E-state index contributed by atoms with van der Waals surface area (Å²) < 4.78 is 44.3. The second-order valence-electron chi connectivity index (χ2n) is 6.61. The number of hydrogen-bond donors (Lipinski definition) is 3. The van der Waals surface area contributed by atoms with Crippen molar-refractivity contribution in [1.29, 1.82) is 0 Å². The van der Waals surface area contributed by atoms with Crippen LogP contribution in [0.2, 0.25) is 0 Å². The fourth-order valence-corrected chi connectivity index (χ4v) is 3.69. The van der Waals surface area contributed by atoms with Crippen molar-refractivity contribution >= 4 is 28.4 Å². The number of pyridine rings is 1. The Labute approximate surface area is 161 Å². The molecule has 3 aromatic rings. The number of carboxylic acid groups (broad SMARTS) is 1. The first-order valence-corrected chi connectivity index (χ1v) is 8.70. The molecule has 0 fully saturated rings. The average molecular weight is 407 g/mol. The number of halogens is 3. The molecule has 0 amide bonds. The van der Waals surface area contributed by atoms with Gasteiger partial charge in [-0.2, -0.15) is 5.10 Å². The quantitative estimate of drug-likeness (QED) is 0.599. The predicted octanol–water partition coefficient (Wildman–Crippen LogP) is 2.23. The van der Waals surface area contributed by atoms with E-state index in [1.165, 1.54) is 4.90 Å². The van der Waals surface area contributed by atoms with E-state index >= 15 is 4.39 Å². The fourth-order valence-electron chi connectivity index (χ4n) is 3.69. The third-order valence-corrected chi connectivity index (χ3v) is 4.99. The van der Waals surface area contributed by atoms with Gasteiger partial charge >= 0.3 is 5.97 Å². The maximum Gasteiger partial charge on any atom is 0.341 e. The minimum atomic E-state index is -1.56. The van der Waals surface area contributed by atoms with E-state index < -0.39 is 40.7 Å². The van der Waals surface area contributed by atoms with Crippen LogP contribution in [0.5, 0.6) is 0 Å². The maximum atomic E-state index is 15.4. The van der Waals surface area contributed by atoms with Gasteiger partial charge in [-0.05, 0) is 6.07 Å². The molecule has 1 aliphatic heterocycles. The molecule has 0 saturated heterocycles. The Morgan fingerprint density at radius 3 is 2.79 bits per heavy atom. The summed E-state index contributed by atoms with van der Waals surface area (Å²) in [4.78, 5) is 25.2. The second-order valence-corrected chi connectivity index (χ2v) is 6.61. The van der Waals surface area contributed by atoms with E-state index in [0.29, 0.717) is 11.5 Å². The third kappa shape index (κ3) is 2.80. The zero-order valence-corrected chi connectivity index (χ0v) is 15.2. The Morgan fingerprint density at radius 1 is 1.38 bits per heavy atom. The van der Waals surface area contributed by atoms with E-state index in [9.17, 15) is 23.5 Å². The van der Waals surface area contributed by atoms with Crippen molar-refractivity contribution in [3.63, 3.8) is 0 Å². The van der Waals surface area contributed by atoms with Gasteiger partial charge in [-0.1, -0.05) is 0 Å². The van der Waals surface area contributed by atoms with Gasteiger partial charge in [0.25, 0.3) is 0 Å². The lowest BCUT2D eigenvalue weighted by Crippen LogP contribution is -2.23. The second kappa shape index (κ2) is 6.83. The lowest BCUT2D eigenvalue weighted by molar-refractivity contribution is 0.0694. The summed E-state index contributed by atoms with van der Waals surface area (Å²) in [5, 5.41) is 18.5. The smallest absolute Gasteiger partial charge is 0.341 e. The molecule has 1 aliphatic rings. The number of rotatable bonds is 5. The van der Waals surface area contributed by atoms with Crippen molar-refractivity contribution < 1.29 is 23.1 Å². The van der Waals surface area contributed by atoms with Crippen LogP contribution in [-0.4, -0.2) is 39.6 Å². The van der Waals surface area contributed by atoms with Gasteiger partial charge in [0.1, 0.15) is 23.7 Å². The number of anilines is 2. The lowest BCUT2D eigenvalue weighted by atomic mass is 10.1. The van der Waals surface area contributed by atoms with Crippen LogP contribution >= 0.6 is 0 Å². The first kappa shape index (κ1) is 18.8. The van der Waals surface area contributed by atoms with E-state index in [1.54, 1.807) is 7.05 Å². The van der Waals surface area contributed by atoms with Crippen LogP contribution in [0, 0.1) is 11.6 Å². The molecular formula is C18H16F3N5O3. The highest BCUT2D eigenvalue weighted by Gasteiger charge is 2.31. The highest BCUT2D eigenvalue weighted by Crippen LogP contribution is 2.36. The van der Waals surface area contributed by atoms with Gasteiger partial charge in [0.05, 0.1) is 29.7 Å². The summed E-state index contributed by atoms with van der Waals surface area (Å²) in [6, 6.07) is 0.807. The van der Waals surface area contributed by atoms with Gasteiger partial charge in [0, 0.05) is 25.4 Å². The van der Waals surface area contributed by atoms with Crippen molar-refractivity contribution in [2.45, 2.75) is 19.6 Å². The van der Waals surface area contributed by atoms with Crippen LogP contribution in [-0.2, 0) is 19.6 Å². The van der Waals surface area contributed by atoms with Gasteiger partial charge in [0.2, 0.25) is 5.43 Å². The molecule has 152 valence electrons. The number of aromatic amines is 1. The van der Waals surface area contributed by atoms with Crippen molar-refractivity contribution in [1.82, 2.24) is 14.8 Å². The zero-order valence-electron chi connectivity index (χ0n) is 15.2. The summed E-state index contributed by atoms with van der Waals surface area (Å²) in [6.45, 7) is -0.980. The van der Waals surface area contributed by atoms with E-state index in [0.717, 1.165) is 22.4 Å². The summed E-state index contributed by atoms with van der Waals surface area (Å²) >= 11 is 0. The number of aryl methyl sites for hydroxylation is 1. The predicted molar refractivity (Wildman–Crippen MR) is 99.1 cm³/mol. The standard InChI is InChI=1S/C18H16F3N5O3/c1-22-17-9-5-26(7-12(9)23-24-17)15-11(20)4-8-14(13(15)21)25(3-2-19)6-10(16(8)27)18(28)29/h4,6H,2-3,5,7H2,1H3,(H,28,29)(H2,22,23,24). The van der Waals surface area contributed by atoms with Crippen LogP contribution in [0.4, 0.5) is 24.7 Å². The Bertz CT molecular complexity index is 1200. The molecule has 29 heavy (non-hydrogen) atoms. The Balaban J connectivity index is 1.92. The van der Waals surface area contributed by atoms with Crippen LogP contribution < -0.4 is 15.6 Å². The number of hydrogen-bond acceptors (Lipinski definition) is 5. The number of H-pyrrole nitrogens is 1. The molecule has 0 spiro atoms. The van der Waals surface area contributed by atoms with Crippen molar-refractivity contribution in [3.8, 4) is 0 Å². The number of carboxylic acids is 1. The van der Waals surface area contributed by atoms with E-state index in [2.05, 4.69) is 15.5 Å². The molecule has 4 rings (SSSR count). The lowest BCUT2D eigenvalue weighted by Gasteiger charge is -2.22. The van der Waals surface area contributed by atoms with Gasteiger partial charge < -0.3 is 19.9 Å². The van der Waals surface area contributed by atoms with Crippen molar-refractivity contribution in [3.05, 3.63) is 50.9 Å². The first-order valence-electron chi connectivity index (χ1n) is 8.70. The van der Waals surface area contributed by atoms with E-state index in [1.807, 2.05) is 0 Å². The Morgan fingerprint density at radius 2 is 2.14 bits per heavy atom. The average Bonchev–Trinajstić information content (AvgIpc) is 3.24. The number of benzene rings is 1. The van der Waals surface area contributed by atoms with Crippen LogP contribution in [0.1, 0.15) is 21.6 Å². The van der Waals surface area contributed by atoms with Crippen molar-refractivity contribution in [2.24, 2.45) is 0 Å². The highest BCUT2D eigenvalue weighted by atomic mass is 19.1. The minimum absolute atomic E-state index is 0.157. The van der Waals surface area contributed by atoms with Crippen LogP contribution in [0.3, 0.4) is 0 Å². The number of aromatic nitrogens is 3. The number of nitrogens with one attached hydrogen (secondary N) is 2. The van der Waals surface area contributed by atoms with Crippen LogP contribution in [0.25, 0.3) is 10.9 Å². The van der Waals surface area contributed by atoms with Crippen LogP contribution in [0.15, 0.2) is 17.1 Å². The molecule has 8 nitrogen and oxygen atoms in total. The van der Waals surface area contributed by atoms with E-state index in [-0.39, 0.29) is 30.8 Å². The molecule has 3 heterocycles. The number of alkyl halides is 1. The topological polar surface area (TPSA) is 103 Å². The molecule has 3 N–H and O–H groups in total. The molecule has 0 saturated carbocycles. The Hall–Kier alpha value is -3.50. The monoisotopic (exact) mass is 407 g/mol. The normalized spacial score (nSPS) is 13.2. The molecule has 0 atom stereocenters. The molecule has 0 aliphatic carbocycles. The minimum Gasteiger partial charge on any atom is -0.477 e. The van der Waals surface area contributed by atoms with Gasteiger partial charge in [-0.25, -0.2) is 18.0 Å². The zero-order chi connectivity index (χ0) is 20.9. The largest absolute Gasteiger partial charge is 0.477 e. The molecule has 1 aromatic carbocycles. The SMILES string of the molecule is CNc1n[nH]c2c1CN(c1c(F)cc3c(=O)c(C(=O)O)cn(CCF)c3c1F)C2. The highest BCUT2D eigenvalue weighted by molar-refractivity contribution is 5.94. The van der Waals surface area contributed by atoms with Gasteiger partial charge in [-0.3, -0.25) is 9.89 Å². The number of fused-ring (bicyclic) bond motifs is 2. The number of aromatic carboxylic acids is 1. The van der Waals surface area contributed by atoms with Gasteiger partial charge in [0.15, 0.2) is 11.6 Å². The molecular weight excluding hydrogens is 391 g/mol. The third-order valence-electron chi connectivity index (χ3n) is 4.99. The summed E-state index contributed by atoms with van der Waals surface area (Å²) in [7, 11) is 1.67. The van der Waals surface area contributed by atoms with Crippen molar-refractivity contribution in [2.75, 3.05) is 23.9 Å². The fraction of sp³-hybridized carbons (Fsp3) is 0.278. The first-order chi connectivity index (χ1) is 13.9. The molecule has 11 heteroatoms. The number of nitrogens with zero attached hydrogens (tertiary/aromatic N) is 3. The number of carbonyl (C=O) groups is 1. The summed E-state index contributed by atoms with van der Waals surface area (Å²) in [5.74, 6) is -3.05. The maximum absolute atomic E-state index is 15.4. The Kier molecular flexibility index (Phi) is 4.44. The summed E-state index contributed by atoms with van der Waals surface area (Å²) in [5.41, 5.74) is -0.973. The van der Waals surface area contributed by atoms with Gasteiger partial charge in [-0.15, -0.1) is 0 Å². The molecule has 0 unspecified atom stereocenters. The molecule has 0 radical (unpaired) electrons. The molecule has 0 bridgehead atoms. The van der Waals surface area contributed by atoms with E-state index in [4.69, 9.17) is 0 Å².